The lowest BCUT2D eigenvalue weighted by Gasteiger charge is -2.03. The van der Waals surface area contributed by atoms with Crippen LogP contribution in [0.4, 0.5) is 5.13 Å². The Hall–Kier alpha value is -1.93. The van der Waals surface area contributed by atoms with Gasteiger partial charge >= 0.3 is 0 Å². The Kier molecular flexibility index (Phi) is 3.43. The molecular weight excluding hydrogens is 264 g/mol. The number of nitrogens with zero attached hydrogens (tertiary/aromatic N) is 4. The van der Waals surface area contributed by atoms with E-state index in [2.05, 4.69) is 30.8 Å². The van der Waals surface area contributed by atoms with E-state index in [0.717, 1.165) is 24.4 Å². The van der Waals surface area contributed by atoms with E-state index in [1.807, 2.05) is 0 Å². The van der Waals surface area contributed by atoms with Gasteiger partial charge in [-0.05, 0) is 19.4 Å². The van der Waals surface area contributed by atoms with Crippen molar-refractivity contribution in [2.75, 3.05) is 11.9 Å². The third-order valence-corrected chi connectivity index (χ3v) is 3.77. The summed E-state index contributed by atoms with van der Waals surface area (Å²) in [5, 5.41) is 15.5. The molecule has 0 spiro atoms. The lowest BCUT2D eigenvalue weighted by molar-refractivity contribution is 0.102. The molecule has 98 valence electrons. The van der Waals surface area contributed by atoms with Crippen LogP contribution in [0, 0.1) is 0 Å². The Morgan fingerprint density at radius 1 is 1.42 bits per heavy atom. The van der Waals surface area contributed by atoms with Crippen molar-refractivity contribution in [1.29, 1.82) is 0 Å². The lowest BCUT2D eigenvalue weighted by atomic mass is 10.2. The first-order valence-electron chi connectivity index (χ1n) is 5.97. The van der Waals surface area contributed by atoms with Crippen LogP contribution in [0.1, 0.15) is 34.4 Å². The second kappa shape index (κ2) is 5.37. The summed E-state index contributed by atoms with van der Waals surface area (Å²) in [6.07, 6.45) is 6.61. The molecule has 2 aromatic rings. The van der Waals surface area contributed by atoms with Crippen molar-refractivity contribution in [2.24, 2.45) is 0 Å². The van der Waals surface area contributed by atoms with Crippen LogP contribution in [0.15, 0.2) is 18.6 Å². The largest absolute Gasteiger partial charge is 0.308 e. The van der Waals surface area contributed by atoms with Gasteiger partial charge < -0.3 is 5.32 Å². The summed E-state index contributed by atoms with van der Waals surface area (Å²) in [4.78, 5) is 19.6. The minimum Gasteiger partial charge on any atom is -0.308 e. The van der Waals surface area contributed by atoms with Crippen LogP contribution in [0.2, 0.25) is 0 Å². The van der Waals surface area contributed by atoms with Crippen LogP contribution in [0.25, 0.3) is 0 Å². The van der Waals surface area contributed by atoms with Gasteiger partial charge in [0.15, 0.2) is 0 Å². The van der Waals surface area contributed by atoms with E-state index >= 15 is 0 Å². The molecule has 1 atom stereocenters. The second-order valence-corrected chi connectivity index (χ2v) is 5.15. The monoisotopic (exact) mass is 276 g/mol. The normalized spacial score (nSPS) is 18.4. The number of anilines is 1. The predicted octanol–water partition coefficient (Wildman–Crippen LogP) is 1.00. The predicted molar refractivity (Wildman–Crippen MR) is 69.9 cm³/mol. The first kappa shape index (κ1) is 12.1. The summed E-state index contributed by atoms with van der Waals surface area (Å²) in [5.41, 5.74) is 0.262. The molecule has 1 saturated heterocycles. The highest BCUT2D eigenvalue weighted by Gasteiger charge is 2.21. The van der Waals surface area contributed by atoms with Gasteiger partial charge in [-0.25, -0.2) is 4.98 Å². The maximum atomic E-state index is 11.9. The number of nitrogens with one attached hydrogen (secondary N) is 2. The standard InChI is InChI=1S/C11H12N6OS/c18-9(8-6-12-4-5-14-8)15-11-17-16-10(19-11)7-2-1-3-13-7/h4-7,13H,1-3H2,(H,15,17,18). The van der Waals surface area contributed by atoms with Crippen molar-refractivity contribution < 1.29 is 4.79 Å². The van der Waals surface area contributed by atoms with Crippen molar-refractivity contribution in [1.82, 2.24) is 25.5 Å². The van der Waals surface area contributed by atoms with Crippen LogP contribution >= 0.6 is 11.3 Å². The topological polar surface area (TPSA) is 92.7 Å². The fourth-order valence-electron chi connectivity index (χ4n) is 1.90. The zero-order valence-electron chi connectivity index (χ0n) is 10.0. The van der Waals surface area contributed by atoms with Crippen LogP contribution in [0.5, 0.6) is 0 Å². The van der Waals surface area contributed by atoms with E-state index in [1.54, 1.807) is 0 Å². The van der Waals surface area contributed by atoms with E-state index in [1.165, 1.54) is 29.9 Å². The Bertz CT molecular complexity index is 566. The zero-order valence-corrected chi connectivity index (χ0v) is 10.9. The molecule has 3 rings (SSSR count). The van der Waals surface area contributed by atoms with E-state index in [-0.39, 0.29) is 17.6 Å². The molecule has 1 amide bonds. The fourth-order valence-corrected chi connectivity index (χ4v) is 2.75. The lowest BCUT2D eigenvalue weighted by Crippen LogP contribution is -2.13. The maximum Gasteiger partial charge on any atom is 0.277 e. The third kappa shape index (κ3) is 2.74. The molecule has 0 aromatic carbocycles. The summed E-state index contributed by atoms with van der Waals surface area (Å²) >= 11 is 1.39. The fraction of sp³-hybridized carbons (Fsp3) is 0.364. The highest BCUT2D eigenvalue weighted by atomic mass is 32.1. The molecule has 3 heterocycles. The van der Waals surface area contributed by atoms with E-state index in [0.29, 0.717) is 5.13 Å². The van der Waals surface area contributed by atoms with Crippen LogP contribution in [-0.4, -0.2) is 32.6 Å². The number of hydrogen-bond acceptors (Lipinski definition) is 7. The van der Waals surface area contributed by atoms with Crippen LogP contribution in [0.3, 0.4) is 0 Å². The van der Waals surface area contributed by atoms with Gasteiger partial charge in [-0.3, -0.25) is 15.1 Å². The first-order valence-corrected chi connectivity index (χ1v) is 6.79. The molecule has 2 N–H and O–H groups in total. The quantitative estimate of drug-likeness (QED) is 0.869. The van der Waals surface area contributed by atoms with E-state index < -0.39 is 0 Å². The molecule has 0 bridgehead atoms. The van der Waals surface area contributed by atoms with Gasteiger partial charge in [0, 0.05) is 12.4 Å². The third-order valence-electron chi connectivity index (χ3n) is 2.82. The highest BCUT2D eigenvalue weighted by Crippen LogP contribution is 2.27. The second-order valence-electron chi connectivity index (χ2n) is 4.14. The van der Waals surface area contributed by atoms with Gasteiger partial charge in [-0.2, -0.15) is 0 Å². The molecule has 2 aromatic heterocycles. The molecule has 8 heteroatoms. The summed E-state index contributed by atoms with van der Waals surface area (Å²) in [7, 11) is 0. The minimum absolute atomic E-state index is 0.262. The van der Waals surface area contributed by atoms with E-state index in [4.69, 9.17) is 0 Å². The smallest absolute Gasteiger partial charge is 0.277 e. The molecular formula is C11H12N6OS. The van der Waals surface area contributed by atoms with Crippen molar-refractivity contribution in [2.45, 2.75) is 18.9 Å². The molecule has 1 aliphatic rings. The van der Waals surface area contributed by atoms with Gasteiger partial charge in [0.05, 0.1) is 12.2 Å². The summed E-state index contributed by atoms with van der Waals surface area (Å²) < 4.78 is 0. The van der Waals surface area contributed by atoms with Crippen molar-refractivity contribution in [3.63, 3.8) is 0 Å². The van der Waals surface area contributed by atoms with Crippen molar-refractivity contribution in [3.8, 4) is 0 Å². The molecule has 1 unspecified atom stereocenters. The Morgan fingerprint density at radius 2 is 2.37 bits per heavy atom. The summed E-state index contributed by atoms with van der Waals surface area (Å²) in [6, 6.07) is 0.264. The van der Waals surface area contributed by atoms with Crippen molar-refractivity contribution in [3.05, 3.63) is 29.3 Å². The van der Waals surface area contributed by atoms with Gasteiger partial charge in [-0.1, -0.05) is 11.3 Å². The molecule has 1 aliphatic heterocycles. The molecule has 7 nitrogen and oxygen atoms in total. The number of aromatic nitrogens is 4. The molecule has 19 heavy (non-hydrogen) atoms. The van der Waals surface area contributed by atoms with E-state index in [9.17, 15) is 4.79 Å². The number of hydrogen-bond donors (Lipinski definition) is 2. The number of rotatable bonds is 3. The Labute approximate surface area is 113 Å². The number of carbonyl (C=O) groups excluding carboxylic acids is 1. The van der Waals surface area contributed by atoms with Gasteiger partial charge in [0.1, 0.15) is 10.7 Å². The maximum absolute atomic E-state index is 11.9. The van der Waals surface area contributed by atoms with Crippen LogP contribution in [-0.2, 0) is 0 Å². The summed E-state index contributed by atoms with van der Waals surface area (Å²) in [5.74, 6) is -0.324. The zero-order chi connectivity index (χ0) is 13.1. The molecule has 1 fully saturated rings. The highest BCUT2D eigenvalue weighted by molar-refractivity contribution is 7.15. The Morgan fingerprint density at radius 3 is 3.11 bits per heavy atom. The Balaban J connectivity index is 1.68. The molecule has 0 radical (unpaired) electrons. The SMILES string of the molecule is O=C(Nc1nnc(C2CCCN2)s1)c1cnccn1. The van der Waals surface area contributed by atoms with Gasteiger partial charge in [0.2, 0.25) is 5.13 Å². The molecule has 0 saturated carbocycles. The average Bonchev–Trinajstić information content (AvgIpc) is 3.10. The summed E-state index contributed by atoms with van der Waals surface area (Å²) in [6.45, 7) is 1.01. The number of carbonyl (C=O) groups is 1. The van der Waals surface area contributed by atoms with Gasteiger partial charge in [0.25, 0.3) is 5.91 Å². The number of amides is 1. The van der Waals surface area contributed by atoms with Crippen molar-refractivity contribution >= 4 is 22.4 Å². The minimum atomic E-state index is -0.324. The molecule has 0 aliphatic carbocycles. The first-order chi connectivity index (χ1) is 9.33. The average molecular weight is 276 g/mol. The van der Waals surface area contributed by atoms with Gasteiger partial charge in [-0.15, -0.1) is 10.2 Å². The van der Waals surface area contributed by atoms with Crippen LogP contribution < -0.4 is 10.6 Å².